The zero-order valence-corrected chi connectivity index (χ0v) is 17.2. The molecule has 0 bridgehead atoms. The molecule has 0 saturated carbocycles. The minimum absolute atomic E-state index is 0.634. The van der Waals surface area contributed by atoms with Gasteiger partial charge in [0.25, 0.3) is 0 Å². The van der Waals surface area contributed by atoms with Gasteiger partial charge in [0, 0.05) is 17.5 Å². The molecule has 0 atom stereocenters. The summed E-state index contributed by atoms with van der Waals surface area (Å²) >= 11 is 1.57. The highest BCUT2D eigenvalue weighted by atomic mass is 32.1. The second-order valence-corrected chi connectivity index (χ2v) is 6.74. The Balaban J connectivity index is 2.09. The number of methoxy groups -OCH3 is 2. The number of thiazole rings is 1. The molecule has 0 saturated heterocycles. The van der Waals surface area contributed by atoms with E-state index in [1.165, 1.54) is 0 Å². The van der Waals surface area contributed by atoms with Gasteiger partial charge in [-0.2, -0.15) is 0 Å². The minimum atomic E-state index is 0.634. The smallest absolute Gasteiger partial charge is 0.190 e. The average molecular weight is 397 g/mol. The van der Waals surface area contributed by atoms with Crippen LogP contribution < -0.4 is 19.0 Å². The molecule has 2 aromatic carbocycles. The average Bonchev–Trinajstić information content (AvgIpc) is 3.11. The van der Waals surface area contributed by atoms with Crippen LogP contribution in [0, 0.1) is 0 Å². The first-order chi connectivity index (χ1) is 13.7. The third-order valence-electron chi connectivity index (χ3n) is 4.16. The molecule has 0 aliphatic rings. The largest absolute Gasteiger partial charge is 0.497 e. The summed E-state index contributed by atoms with van der Waals surface area (Å²) in [4.78, 5) is 5.69. The zero-order valence-electron chi connectivity index (χ0n) is 16.3. The Hall–Kier alpha value is -2.99. The predicted molar refractivity (Wildman–Crippen MR) is 114 cm³/mol. The zero-order chi connectivity index (χ0) is 19.9. The van der Waals surface area contributed by atoms with Crippen LogP contribution in [0.25, 0.3) is 11.3 Å². The Labute approximate surface area is 169 Å². The number of hydrogen-bond acceptors (Lipinski definition) is 5. The van der Waals surface area contributed by atoms with Crippen molar-refractivity contribution in [3.05, 3.63) is 65.3 Å². The Morgan fingerprint density at radius 2 is 1.82 bits per heavy atom. The summed E-state index contributed by atoms with van der Waals surface area (Å²) in [5, 5.41) is 2.08. The molecule has 146 valence electrons. The van der Waals surface area contributed by atoms with Gasteiger partial charge in [-0.1, -0.05) is 6.08 Å². The number of rotatable bonds is 8. The van der Waals surface area contributed by atoms with Gasteiger partial charge in [-0.25, -0.2) is 4.99 Å². The molecule has 5 nitrogen and oxygen atoms in total. The van der Waals surface area contributed by atoms with Gasteiger partial charge in [0.1, 0.15) is 17.2 Å². The fourth-order valence-corrected chi connectivity index (χ4v) is 3.78. The van der Waals surface area contributed by atoms with Crippen molar-refractivity contribution in [1.82, 2.24) is 4.57 Å². The Kier molecular flexibility index (Phi) is 6.55. The highest BCUT2D eigenvalue weighted by Crippen LogP contribution is 2.34. The lowest BCUT2D eigenvalue weighted by Crippen LogP contribution is -2.15. The van der Waals surface area contributed by atoms with E-state index in [9.17, 15) is 0 Å². The quantitative estimate of drug-likeness (QED) is 0.501. The molecule has 28 heavy (non-hydrogen) atoms. The van der Waals surface area contributed by atoms with Gasteiger partial charge in [0.2, 0.25) is 0 Å². The predicted octanol–water partition coefficient (Wildman–Crippen LogP) is 5.05. The van der Waals surface area contributed by atoms with Gasteiger partial charge in [0.05, 0.1) is 32.2 Å². The highest BCUT2D eigenvalue weighted by molar-refractivity contribution is 7.07. The molecular weight excluding hydrogens is 372 g/mol. The SMILES string of the molecule is C=CCn1c(-c2cc(OC)ccc2OC)csc1=Nc1ccc(OCC)cc1. The summed E-state index contributed by atoms with van der Waals surface area (Å²) in [5.74, 6) is 2.40. The molecule has 0 fully saturated rings. The van der Waals surface area contributed by atoms with Gasteiger partial charge in [0.15, 0.2) is 4.80 Å². The van der Waals surface area contributed by atoms with Crippen LogP contribution in [0.15, 0.2) is 65.5 Å². The molecular formula is C22H24N2O3S. The van der Waals surface area contributed by atoms with Gasteiger partial charge in [-0.05, 0) is 49.4 Å². The van der Waals surface area contributed by atoms with Crippen LogP contribution in [0.2, 0.25) is 0 Å². The van der Waals surface area contributed by atoms with E-state index in [0.717, 1.165) is 39.0 Å². The maximum atomic E-state index is 5.56. The van der Waals surface area contributed by atoms with Crippen LogP contribution in [-0.2, 0) is 6.54 Å². The van der Waals surface area contributed by atoms with Crippen molar-refractivity contribution in [1.29, 1.82) is 0 Å². The van der Waals surface area contributed by atoms with E-state index in [4.69, 9.17) is 19.2 Å². The number of allylic oxidation sites excluding steroid dienone is 1. The van der Waals surface area contributed by atoms with E-state index < -0.39 is 0 Å². The molecule has 3 aromatic rings. The molecule has 0 aliphatic carbocycles. The number of ether oxygens (including phenoxy) is 3. The monoisotopic (exact) mass is 396 g/mol. The van der Waals surface area contributed by atoms with Crippen molar-refractivity contribution < 1.29 is 14.2 Å². The molecule has 0 spiro atoms. The lowest BCUT2D eigenvalue weighted by atomic mass is 10.1. The molecule has 0 amide bonds. The van der Waals surface area contributed by atoms with Crippen LogP contribution in [-0.4, -0.2) is 25.4 Å². The van der Waals surface area contributed by atoms with Crippen LogP contribution >= 0.6 is 11.3 Å². The number of nitrogens with zero attached hydrogens (tertiary/aromatic N) is 2. The summed E-state index contributed by atoms with van der Waals surface area (Å²) in [6, 6.07) is 13.5. The molecule has 0 unspecified atom stereocenters. The molecule has 6 heteroatoms. The van der Waals surface area contributed by atoms with Crippen molar-refractivity contribution in [2.45, 2.75) is 13.5 Å². The maximum absolute atomic E-state index is 5.56. The van der Waals surface area contributed by atoms with Crippen LogP contribution in [0.5, 0.6) is 17.2 Å². The Morgan fingerprint density at radius 1 is 1.07 bits per heavy atom. The van der Waals surface area contributed by atoms with Gasteiger partial charge in [-0.15, -0.1) is 17.9 Å². The first-order valence-corrected chi connectivity index (χ1v) is 9.87. The molecule has 1 aromatic heterocycles. The standard InChI is InChI=1S/C22H24N2O3S/c1-5-13-24-20(19-14-18(25-3)11-12-21(19)26-4)15-28-22(24)23-16-7-9-17(10-8-16)27-6-2/h5,7-12,14-15H,1,6,13H2,2-4H3. The van der Waals surface area contributed by atoms with Crippen molar-refractivity contribution >= 4 is 17.0 Å². The second-order valence-electron chi connectivity index (χ2n) is 5.91. The minimum Gasteiger partial charge on any atom is -0.497 e. The molecule has 0 aliphatic heterocycles. The maximum Gasteiger partial charge on any atom is 0.190 e. The summed E-state index contributed by atoms with van der Waals surface area (Å²) < 4.78 is 18.6. The van der Waals surface area contributed by atoms with E-state index in [1.807, 2.05) is 55.5 Å². The normalized spacial score (nSPS) is 11.3. The van der Waals surface area contributed by atoms with E-state index in [2.05, 4.69) is 16.5 Å². The number of benzene rings is 2. The van der Waals surface area contributed by atoms with Crippen molar-refractivity contribution in [2.75, 3.05) is 20.8 Å². The topological polar surface area (TPSA) is 45.0 Å². The van der Waals surface area contributed by atoms with E-state index in [1.54, 1.807) is 25.6 Å². The van der Waals surface area contributed by atoms with Crippen LogP contribution in [0.3, 0.4) is 0 Å². The first kappa shape index (κ1) is 19.8. The fraction of sp³-hybridized carbons (Fsp3) is 0.227. The van der Waals surface area contributed by atoms with E-state index in [0.29, 0.717) is 13.2 Å². The van der Waals surface area contributed by atoms with Gasteiger partial charge < -0.3 is 18.8 Å². The summed E-state index contributed by atoms with van der Waals surface area (Å²) in [6.07, 6.45) is 1.86. The second kappa shape index (κ2) is 9.28. The lowest BCUT2D eigenvalue weighted by molar-refractivity contribution is 0.340. The molecule has 0 radical (unpaired) electrons. The third-order valence-corrected chi connectivity index (χ3v) is 5.03. The van der Waals surface area contributed by atoms with Crippen molar-refractivity contribution in [2.24, 2.45) is 4.99 Å². The van der Waals surface area contributed by atoms with Gasteiger partial charge >= 0.3 is 0 Å². The summed E-state index contributed by atoms with van der Waals surface area (Å²) in [5.41, 5.74) is 2.82. The lowest BCUT2D eigenvalue weighted by Gasteiger charge is -2.12. The van der Waals surface area contributed by atoms with Crippen molar-refractivity contribution in [3.63, 3.8) is 0 Å². The summed E-state index contributed by atoms with van der Waals surface area (Å²) in [7, 11) is 3.32. The molecule has 3 rings (SSSR count). The molecule has 1 heterocycles. The van der Waals surface area contributed by atoms with E-state index >= 15 is 0 Å². The third kappa shape index (κ3) is 4.28. The van der Waals surface area contributed by atoms with Gasteiger partial charge in [-0.3, -0.25) is 0 Å². The molecule has 0 N–H and O–H groups in total. The summed E-state index contributed by atoms with van der Waals surface area (Å²) in [6.45, 7) is 7.14. The first-order valence-electron chi connectivity index (χ1n) is 8.99. The Morgan fingerprint density at radius 3 is 2.46 bits per heavy atom. The van der Waals surface area contributed by atoms with E-state index in [-0.39, 0.29) is 0 Å². The Bertz CT molecular complexity index is 1000. The number of hydrogen-bond donors (Lipinski definition) is 0. The number of aromatic nitrogens is 1. The van der Waals surface area contributed by atoms with Crippen molar-refractivity contribution in [3.8, 4) is 28.5 Å². The van der Waals surface area contributed by atoms with Crippen LogP contribution in [0.4, 0.5) is 5.69 Å². The fourth-order valence-electron chi connectivity index (χ4n) is 2.85. The highest BCUT2D eigenvalue weighted by Gasteiger charge is 2.13. The van der Waals surface area contributed by atoms with Crippen LogP contribution in [0.1, 0.15) is 6.92 Å².